The van der Waals surface area contributed by atoms with Gasteiger partial charge in [-0.05, 0) is 37.6 Å². The van der Waals surface area contributed by atoms with Crippen LogP contribution < -0.4 is 26.8 Å². The van der Waals surface area contributed by atoms with E-state index in [1.807, 2.05) is 6.92 Å². The first-order chi connectivity index (χ1) is 13.7. The molecule has 0 saturated carbocycles. The van der Waals surface area contributed by atoms with Crippen LogP contribution in [0.2, 0.25) is 5.02 Å². The van der Waals surface area contributed by atoms with E-state index in [9.17, 15) is 14.4 Å². The zero-order chi connectivity index (χ0) is 20.9. The molecule has 3 N–H and O–H groups in total. The van der Waals surface area contributed by atoms with Crippen molar-refractivity contribution in [2.75, 3.05) is 10.6 Å². The van der Waals surface area contributed by atoms with Crippen LogP contribution in [0.5, 0.6) is 0 Å². The van der Waals surface area contributed by atoms with Crippen LogP contribution in [-0.4, -0.2) is 13.8 Å². The minimum atomic E-state index is -1.17. The first-order valence-corrected chi connectivity index (χ1v) is 9.47. The lowest BCUT2D eigenvalue weighted by Crippen LogP contribution is -2.44. The topological polar surface area (TPSA) is 100 Å². The Labute approximate surface area is 172 Å². The van der Waals surface area contributed by atoms with Gasteiger partial charge in [-0.25, -0.2) is 0 Å². The number of nitrogens with one attached hydrogen (secondary N) is 3. The summed E-state index contributed by atoms with van der Waals surface area (Å²) in [7, 11) is 6.43. The molecule has 0 aliphatic carbocycles. The lowest BCUT2D eigenvalue weighted by molar-refractivity contribution is 0.0966. The number of furan rings is 1. The number of carbonyl (C=O) groups excluding carboxylic acids is 1. The van der Waals surface area contributed by atoms with Crippen molar-refractivity contribution in [1.82, 2.24) is 5.32 Å². The number of carbonyl (C=O) groups is 1. The van der Waals surface area contributed by atoms with Crippen molar-refractivity contribution in [2.45, 2.75) is 32.3 Å². The van der Waals surface area contributed by atoms with Crippen molar-refractivity contribution >= 4 is 42.4 Å². The molecule has 0 spiro atoms. The first kappa shape index (κ1) is 19.3. The molecule has 1 aliphatic rings. The predicted molar refractivity (Wildman–Crippen MR) is 112 cm³/mol. The molecular formula is C20H17BClN3O4. The normalized spacial score (nSPS) is 15.1. The number of rotatable bonds is 6. The van der Waals surface area contributed by atoms with Crippen LogP contribution >= 0.6 is 11.6 Å². The lowest BCUT2D eigenvalue weighted by atomic mass is 9.73. The van der Waals surface area contributed by atoms with E-state index in [-0.39, 0.29) is 17.3 Å². The molecule has 0 fully saturated rings. The van der Waals surface area contributed by atoms with Gasteiger partial charge in [-0.15, -0.1) is 0 Å². The molecule has 2 heterocycles. The summed E-state index contributed by atoms with van der Waals surface area (Å²) in [6.45, 7) is 3.93. The maximum Gasteiger partial charge on any atom is 0.254 e. The van der Waals surface area contributed by atoms with Gasteiger partial charge in [0, 0.05) is 17.1 Å². The fraction of sp³-hybridized carbons (Fsp3) is 0.250. The van der Waals surface area contributed by atoms with Crippen molar-refractivity contribution in [3.63, 3.8) is 0 Å². The van der Waals surface area contributed by atoms with Crippen LogP contribution in [0.25, 0.3) is 0 Å². The molecule has 1 aromatic heterocycles. The van der Waals surface area contributed by atoms with Gasteiger partial charge in [0.2, 0.25) is 0 Å². The minimum Gasteiger partial charge on any atom is -0.465 e. The van der Waals surface area contributed by atoms with Gasteiger partial charge in [0.15, 0.2) is 0 Å². The molecule has 0 bridgehead atoms. The maximum atomic E-state index is 12.2. The Morgan fingerprint density at radius 3 is 2.55 bits per heavy atom. The number of fused-ring (bicyclic) bond motifs is 1. The zero-order valence-corrected chi connectivity index (χ0v) is 16.6. The van der Waals surface area contributed by atoms with E-state index >= 15 is 0 Å². The molecule has 1 aliphatic heterocycles. The molecule has 7 nitrogen and oxygen atoms in total. The van der Waals surface area contributed by atoms with E-state index < -0.39 is 16.3 Å². The Morgan fingerprint density at radius 2 is 1.90 bits per heavy atom. The highest BCUT2D eigenvalue weighted by molar-refractivity contribution is 6.32. The third kappa shape index (κ3) is 3.04. The summed E-state index contributed by atoms with van der Waals surface area (Å²) in [6.07, 6.45) is 0.400. The number of benzene rings is 1. The SMILES string of the molecule is [B][C@](CC)(Nc1c(Nc2ccc(Cl)c3c2C(=O)NC3)c(=O)c1=O)c1ccc(C)o1. The van der Waals surface area contributed by atoms with Crippen LogP contribution in [0.15, 0.2) is 38.3 Å². The van der Waals surface area contributed by atoms with E-state index in [1.54, 1.807) is 31.2 Å². The first-order valence-electron chi connectivity index (χ1n) is 9.09. The summed E-state index contributed by atoms with van der Waals surface area (Å²) in [5, 5.41) is 9.02. The summed E-state index contributed by atoms with van der Waals surface area (Å²) in [5.74, 6) is 0.824. The van der Waals surface area contributed by atoms with Crippen LogP contribution in [0.1, 0.15) is 40.8 Å². The smallest absolute Gasteiger partial charge is 0.254 e. The van der Waals surface area contributed by atoms with E-state index in [0.717, 1.165) is 0 Å². The van der Waals surface area contributed by atoms with E-state index in [4.69, 9.17) is 23.9 Å². The Hall–Kier alpha value is -3.00. The van der Waals surface area contributed by atoms with Crippen LogP contribution in [-0.2, 0) is 12.0 Å². The lowest BCUT2D eigenvalue weighted by Gasteiger charge is -2.31. The molecule has 2 aromatic carbocycles. The van der Waals surface area contributed by atoms with Gasteiger partial charge < -0.3 is 20.4 Å². The third-order valence-electron chi connectivity index (χ3n) is 5.16. The van der Waals surface area contributed by atoms with Gasteiger partial charge in [-0.2, -0.15) is 0 Å². The summed E-state index contributed by atoms with van der Waals surface area (Å²) < 4.78 is 5.62. The van der Waals surface area contributed by atoms with Crippen molar-refractivity contribution in [2.24, 2.45) is 0 Å². The standard InChI is InChI=1S/C20H17BClN3O4/c1-3-20(21,13-7-4-9(2)29-13)25-16-15(17(26)18(16)27)24-12-6-5-11(22)10-8-23-19(28)14(10)12/h4-7,24-25H,3,8H2,1-2H3,(H,23,28)/t20-/m1/s1. The number of hydrogen-bond acceptors (Lipinski definition) is 6. The molecule has 3 aromatic rings. The monoisotopic (exact) mass is 409 g/mol. The van der Waals surface area contributed by atoms with Crippen molar-refractivity contribution < 1.29 is 9.21 Å². The van der Waals surface area contributed by atoms with Crippen molar-refractivity contribution in [1.29, 1.82) is 0 Å². The molecule has 29 heavy (non-hydrogen) atoms. The summed E-state index contributed by atoms with van der Waals surface area (Å²) in [6, 6.07) is 6.72. The van der Waals surface area contributed by atoms with Crippen LogP contribution in [0, 0.1) is 6.92 Å². The largest absolute Gasteiger partial charge is 0.465 e. The maximum absolute atomic E-state index is 12.2. The summed E-state index contributed by atoms with van der Waals surface area (Å²) in [4.78, 5) is 36.7. The summed E-state index contributed by atoms with van der Waals surface area (Å²) >= 11 is 6.16. The van der Waals surface area contributed by atoms with Gasteiger partial charge >= 0.3 is 0 Å². The molecule has 1 atom stereocenters. The average Bonchev–Trinajstić information content (AvgIpc) is 3.32. The Morgan fingerprint density at radius 1 is 1.17 bits per heavy atom. The van der Waals surface area contributed by atoms with Gasteiger partial charge in [-0.3, -0.25) is 14.4 Å². The highest BCUT2D eigenvalue weighted by Gasteiger charge is 2.33. The number of aryl methyl sites for hydroxylation is 1. The molecule has 9 heteroatoms. The number of anilines is 3. The second-order valence-electron chi connectivity index (χ2n) is 7.02. The minimum absolute atomic E-state index is 0.0470. The number of amides is 1. The van der Waals surface area contributed by atoms with Gasteiger partial charge in [-0.1, -0.05) is 18.5 Å². The molecule has 1 amide bonds. The third-order valence-corrected chi connectivity index (χ3v) is 5.52. The summed E-state index contributed by atoms with van der Waals surface area (Å²) in [5.41, 5.74) is -1.07. The van der Waals surface area contributed by atoms with E-state index in [0.29, 0.717) is 46.3 Å². The van der Waals surface area contributed by atoms with Gasteiger partial charge in [0.25, 0.3) is 16.8 Å². The Bertz CT molecular complexity index is 1210. The zero-order valence-electron chi connectivity index (χ0n) is 15.8. The fourth-order valence-electron chi connectivity index (χ4n) is 3.40. The number of halogens is 1. The molecule has 4 rings (SSSR count). The van der Waals surface area contributed by atoms with Gasteiger partial charge in [0.1, 0.15) is 30.7 Å². The van der Waals surface area contributed by atoms with Crippen LogP contribution in [0.4, 0.5) is 17.1 Å². The van der Waals surface area contributed by atoms with Crippen molar-refractivity contribution in [3.05, 3.63) is 72.4 Å². The quantitative estimate of drug-likeness (QED) is 0.427. The van der Waals surface area contributed by atoms with Gasteiger partial charge in [0.05, 0.1) is 16.7 Å². The molecule has 2 radical (unpaired) electrons. The fourth-order valence-corrected chi connectivity index (χ4v) is 3.63. The second-order valence-corrected chi connectivity index (χ2v) is 7.43. The molecule has 0 saturated heterocycles. The predicted octanol–water partition coefficient (Wildman–Crippen LogP) is 2.67. The highest BCUT2D eigenvalue weighted by atomic mass is 35.5. The molecular weight excluding hydrogens is 393 g/mol. The average molecular weight is 410 g/mol. The molecule has 0 unspecified atom stereocenters. The Kier molecular flexibility index (Phi) is 4.54. The van der Waals surface area contributed by atoms with E-state index in [1.165, 1.54) is 0 Å². The van der Waals surface area contributed by atoms with E-state index in [2.05, 4.69) is 16.0 Å². The molecule has 146 valence electrons. The highest BCUT2D eigenvalue weighted by Crippen LogP contribution is 2.35. The van der Waals surface area contributed by atoms with Crippen LogP contribution in [0.3, 0.4) is 0 Å². The Balaban J connectivity index is 1.70. The number of hydrogen-bond donors (Lipinski definition) is 3. The van der Waals surface area contributed by atoms with Crippen molar-refractivity contribution in [3.8, 4) is 0 Å². The second kappa shape index (κ2) is 6.81.